The Morgan fingerprint density at radius 2 is 2.19 bits per heavy atom. The Balaban J connectivity index is 0.00000128. The van der Waals surface area contributed by atoms with Crippen LogP contribution in [0.15, 0.2) is 0 Å². The lowest BCUT2D eigenvalue weighted by Crippen LogP contribution is -2.58. The number of piperazine rings is 1. The van der Waals surface area contributed by atoms with E-state index in [9.17, 15) is 4.79 Å². The largest absolute Gasteiger partial charge is 0.368 e. The van der Waals surface area contributed by atoms with Gasteiger partial charge in [-0.3, -0.25) is 4.79 Å². The van der Waals surface area contributed by atoms with Gasteiger partial charge in [-0.2, -0.15) is 0 Å². The average molecular weight is 249 g/mol. The van der Waals surface area contributed by atoms with Crippen LogP contribution >= 0.6 is 12.4 Å². The van der Waals surface area contributed by atoms with Crippen LogP contribution in [0.25, 0.3) is 0 Å². The van der Waals surface area contributed by atoms with Crippen LogP contribution in [0.1, 0.15) is 26.7 Å². The van der Waals surface area contributed by atoms with Crippen LogP contribution in [0.4, 0.5) is 0 Å². The monoisotopic (exact) mass is 248 g/mol. The number of carbonyl (C=O) groups excluding carboxylic acids is 1. The molecule has 0 spiro atoms. The van der Waals surface area contributed by atoms with Crippen molar-refractivity contribution in [1.29, 1.82) is 0 Å². The highest BCUT2D eigenvalue weighted by Gasteiger charge is 2.33. The summed E-state index contributed by atoms with van der Waals surface area (Å²) in [6.45, 7) is 6.64. The second-order valence-electron chi connectivity index (χ2n) is 4.65. The quantitative estimate of drug-likeness (QED) is 0.746. The maximum atomic E-state index is 12.1. The van der Waals surface area contributed by atoms with Crippen LogP contribution < -0.4 is 5.32 Å². The molecule has 16 heavy (non-hydrogen) atoms. The number of hydrogen-bond acceptors (Lipinski definition) is 3. The highest BCUT2D eigenvalue weighted by atomic mass is 35.5. The number of rotatable bonds is 1. The molecule has 0 aromatic carbocycles. The highest BCUT2D eigenvalue weighted by Crippen LogP contribution is 2.17. The maximum Gasteiger partial charge on any atom is 0.252 e. The van der Waals surface area contributed by atoms with Crippen LogP contribution in [0, 0.1) is 0 Å². The zero-order valence-electron chi connectivity index (χ0n) is 9.94. The Kier molecular flexibility index (Phi) is 5.02. The van der Waals surface area contributed by atoms with Crippen LogP contribution in [0.5, 0.6) is 0 Å². The molecule has 0 radical (unpaired) electrons. The molecule has 0 aromatic rings. The minimum atomic E-state index is -0.169. The Labute approximate surface area is 103 Å². The Bertz CT molecular complexity index is 244. The molecular weight excluding hydrogens is 228 g/mol. The van der Waals surface area contributed by atoms with Crippen LogP contribution in [0.3, 0.4) is 0 Å². The molecule has 2 heterocycles. The third kappa shape index (κ3) is 2.87. The zero-order chi connectivity index (χ0) is 10.8. The van der Waals surface area contributed by atoms with E-state index in [-0.39, 0.29) is 30.5 Å². The summed E-state index contributed by atoms with van der Waals surface area (Å²) in [6.07, 6.45) is 1.74. The SMILES string of the molecule is CC1CN(C(=O)[C@@H]2CCCO2)C(C)CN1.Cl. The molecule has 4 nitrogen and oxygen atoms in total. The van der Waals surface area contributed by atoms with Gasteiger partial charge in [0.15, 0.2) is 0 Å². The van der Waals surface area contributed by atoms with E-state index < -0.39 is 0 Å². The molecule has 1 N–H and O–H groups in total. The second-order valence-corrected chi connectivity index (χ2v) is 4.65. The van der Waals surface area contributed by atoms with Crippen molar-refractivity contribution >= 4 is 18.3 Å². The van der Waals surface area contributed by atoms with Gasteiger partial charge in [0.05, 0.1) is 0 Å². The molecule has 1 amide bonds. The summed E-state index contributed by atoms with van der Waals surface area (Å²) in [7, 11) is 0. The maximum absolute atomic E-state index is 12.1. The summed E-state index contributed by atoms with van der Waals surface area (Å²) in [6, 6.07) is 0.685. The molecule has 2 saturated heterocycles. The smallest absolute Gasteiger partial charge is 0.252 e. The number of halogens is 1. The average Bonchev–Trinajstić information content (AvgIpc) is 2.74. The van der Waals surface area contributed by atoms with Crippen molar-refractivity contribution in [2.24, 2.45) is 0 Å². The molecule has 0 bridgehead atoms. The van der Waals surface area contributed by atoms with Crippen LogP contribution in [-0.4, -0.2) is 48.7 Å². The Morgan fingerprint density at radius 3 is 2.81 bits per heavy atom. The van der Waals surface area contributed by atoms with E-state index in [4.69, 9.17) is 4.74 Å². The predicted octanol–water partition coefficient (Wildman–Crippen LogP) is 0.796. The first-order valence-electron chi connectivity index (χ1n) is 5.84. The molecule has 2 aliphatic heterocycles. The summed E-state index contributed by atoms with van der Waals surface area (Å²) >= 11 is 0. The molecule has 0 aromatic heterocycles. The molecule has 0 aliphatic carbocycles. The normalized spacial score (nSPS) is 34.6. The summed E-state index contributed by atoms with van der Waals surface area (Å²) < 4.78 is 5.44. The number of nitrogens with one attached hydrogen (secondary N) is 1. The van der Waals surface area contributed by atoms with Gasteiger partial charge in [0, 0.05) is 31.8 Å². The first-order valence-corrected chi connectivity index (χ1v) is 5.84. The summed E-state index contributed by atoms with van der Waals surface area (Å²) in [5.74, 6) is 0.188. The van der Waals surface area contributed by atoms with Crippen molar-refractivity contribution in [3.05, 3.63) is 0 Å². The van der Waals surface area contributed by atoms with Gasteiger partial charge < -0.3 is 15.0 Å². The summed E-state index contributed by atoms with van der Waals surface area (Å²) in [4.78, 5) is 14.1. The van der Waals surface area contributed by atoms with Gasteiger partial charge in [0.2, 0.25) is 0 Å². The van der Waals surface area contributed by atoms with Gasteiger partial charge in [0.25, 0.3) is 5.91 Å². The first-order chi connectivity index (χ1) is 7.18. The molecule has 2 fully saturated rings. The van der Waals surface area contributed by atoms with Crippen molar-refractivity contribution in [3.8, 4) is 0 Å². The standard InChI is InChI=1S/C11H20N2O2.ClH/c1-8-7-13(9(2)6-12-8)11(14)10-4-3-5-15-10;/h8-10,12H,3-7H2,1-2H3;1H/t8?,9?,10-;/m0./s1. The third-order valence-electron chi connectivity index (χ3n) is 3.25. The van der Waals surface area contributed by atoms with E-state index >= 15 is 0 Å². The number of amides is 1. The summed E-state index contributed by atoms with van der Waals surface area (Å²) in [5, 5.41) is 3.37. The third-order valence-corrected chi connectivity index (χ3v) is 3.25. The topological polar surface area (TPSA) is 41.6 Å². The lowest BCUT2D eigenvalue weighted by molar-refractivity contribution is -0.144. The molecule has 94 valence electrons. The van der Waals surface area contributed by atoms with E-state index in [0.717, 1.165) is 32.5 Å². The number of hydrogen-bond donors (Lipinski definition) is 1. The lowest BCUT2D eigenvalue weighted by Gasteiger charge is -2.38. The summed E-state index contributed by atoms with van der Waals surface area (Å²) in [5.41, 5.74) is 0. The fourth-order valence-corrected chi connectivity index (χ4v) is 2.29. The zero-order valence-corrected chi connectivity index (χ0v) is 10.8. The minimum absolute atomic E-state index is 0. The van der Waals surface area contributed by atoms with Crippen molar-refractivity contribution in [2.75, 3.05) is 19.7 Å². The molecule has 0 saturated carbocycles. The van der Waals surface area contributed by atoms with Gasteiger partial charge in [-0.05, 0) is 26.7 Å². The molecular formula is C11H21ClN2O2. The van der Waals surface area contributed by atoms with Gasteiger partial charge in [-0.1, -0.05) is 0 Å². The first kappa shape index (κ1) is 13.7. The Hall–Kier alpha value is -0.320. The van der Waals surface area contributed by atoms with Gasteiger partial charge in [-0.25, -0.2) is 0 Å². The Morgan fingerprint density at radius 1 is 1.44 bits per heavy atom. The molecule has 5 heteroatoms. The van der Waals surface area contributed by atoms with Crippen LogP contribution in [-0.2, 0) is 9.53 Å². The van der Waals surface area contributed by atoms with Crippen LogP contribution in [0.2, 0.25) is 0 Å². The van der Waals surface area contributed by atoms with Gasteiger partial charge >= 0.3 is 0 Å². The predicted molar refractivity (Wildman–Crippen MR) is 64.9 cm³/mol. The highest BCUT2D eigenvalue weighted by molar-refractivity contribution is 5.85. The van der Waals surface area contributed by atoms with E-state index in [2.05, 4.69) is 19.2 Å². The second kappa shape index (κ2) is 5.84. The van der Waals surface area contributed by atoms with Crippen molar-refractivity contribution in [1.82, 2.24) is 10.2 Å². The number of nitrogens with zero attached hydrogens (tertiary/aromatic N) is 1. The van der Waals surface area contributed by atoms with Gasteiger partial charge in [0.1, 0.15) is 6.10 Å². The van der Waals surface area contributed by atoms with E-state index in [1.165, 1.54) is 0 Å². The molecule has 2 rings (SSSR count). The van der Waals surface area contributed by atoms with Crippen molar-refractivity contribution < 1.29 is 9.53 Å². The van der Waals surface area contributed by atoms with E-state index in [1.54, 1.807) is 0 Å². The lowest BCUT2D eigenvalue weighted by atomic mass is 10.1. The fourth-order valence-electron chi connectivity index (χ4n) is 2.29. The molecule has 3 atom stereocenters. The molecule has 2 aliphatic rings. The van der Waals surface area contributed by atoms with Crippen molar-refractivity contribution in [2.45, 2.75) is 44.9 Å². The van der Waals surface area contributed by atoms with Gasteiger partial charge in [-0.15, -0.1) is 12.4 Å². The minimum Gasteiger partial charge on any atom is -0.368 e. The van der Waals surface area contributed by atoms with E-state index in [1.807, 2.05) is 4.90 Å². The number of ether oxygens (including phenoxy) is 1. The number of carbonyl (C=O) groups is 1. The fraction of sp³-hybridized carbons (Fsp3) is 0.909. The van der Waals surface area contributed by atoms with Crippen molar-refractivity contribution in [3.63, 3.8) is 0 Å². The van der Waals surface area contributed by atoms with E-state index in [0.29, 0.717) is 6.04 Å². The molecule has 2 unspecified atom stereocenters.